The van der Waals surface area contributed by atoms with Gasteiger partial charge in [-0.2, -0.15) is 0 Å². The van der Waals surface area contributed by atoms with Crippen molar-refractivity contribution in [1.29, 1.82) is 0 Å². The predicted octanol–water partition coefficient (Wildman–Crippen LogP) is 2.69. The largest absolute Gasteiger partial charge is 0.361 e. The number of amides is 1. The minimum absolute atomic E-state index is 0. The van der Waals surface area contributed by atoms with Crippen LogP contribution < -0.4 is 16.0 Å². The molecule has 9 heteroatoms. The molecule has 0 aliphatic rings. The maximum absolute atomic E-state index is 12.0. The lowest BCUT2D eigenvalue weighted by Gasteiger charge is -2.12. The molecule has 0 saturated carbocycles. The highest BCUT2D eigenvalue weighted by molar-refractivity contribution is 14.0. The molecule has 0 bridgehead atoms. The number of halogens is 1. The van der Waals surface area contributed by atoms with Gasteiger partial charge in [0.2, 0.25) is 0 Å². The fourth-order valence-corrected chi connectivity index (χ4v) is 3.55. The molecule has 3 rings (SSSR count). The zero-order chi connectivity index (χ0) is 19.1. The van der Waals surface area contributed by atoms with Crippen LogP contribution in [0.2, 0.25) is 0 Å². The SMILES string of the molecule is CN=C(NCCNC(=O)c1scnc1C)NCCc1c[nH]c2ccccc12.I. The Morgan fingerprint density at radius 3 is 2.68 bits per heavy atom. The van der Waals surface area contributed by atoms with Crippen LogP contribution in [-0.2, 0) is 6.42 Å². The Labute approximate surface area is 185 Å². The zero-order valence-electron chi connectivity index (χ0n) is 15.9. The van der Waals surface area contributed by atoms with Crippen LogP contribution in [0.25, 0.3) is 10.9 Å². The first-order valence-corrected chi connectivity index (χ1v) is 9.75. The number of aromatic amines is 1. The minimum Gasteiger partial charge on any atom is -0.361 e. The van der Waals surface area contributed by atoms with E-state index in [1.165, 1.54) is 22.3 Å². The molecule has 2 heterocycles. The molecule has 28 heavy (non-hydrogen) atoms. The Morgan fingerprint density at radius 2 is 1.93 bits per heavy atom. The summed E-state index contributed by atoms with van der Waals surface area (Å²) in [7, 11) is 1.74. The molecule has 4 N–H and O–H groups in total. The number of guanidine groups is 1. The Balaban J connectivity index is 0.00000280. The smallest absolute Gasteiger partial charge is 0.263 e. The van der Waals surface area contributed by atoms with Gasteiger partial charge in [-0.15, -0.1) is 35.3 Å². The van der Waals surface area contributed by atoms with Crippen LogP contribution in [0.4, 0.5) is 0 Å². The van der Waals surface area contributed by atoms with Gasteiger partial charge in [0, 0.05) is 43.8 Å². The molecule has 150 valence electrons. The van der Waals surface area contributed by atoms with E-state index in [4.69, 9.17) is 0 Å². The van der Waals surface area contributed by atoms with E-state index in [2.05, 4.69) is 55.3 Å². The molecule has 0 atom stereocenters. The first kappa shape index (κ1) is 22.2. The number of nitrogens with zero attached hydrogens (tertiary/aromatic N) is 2. The molecular weight excluding hydrogens is 487 g/mol. The van der Waals surface area contributed by atoms with E-state index in [0.29, 0.717) is 18.0 Å². The minimum atomic E-state index is -0.0842. The van der Waals surface area contributed by atoms with Gasteiger partial charge in [0.05, 0.1) is 11.2 Å². The maximum atomic E-state index is 12.0. The average molecular weight is 512 g/mol. The number of nitrogens with one attached hydrogen (secondary N) is 4. The van der Waals surface area contributed by atoms with E-state index < -0.39 is 0 Å². The monoisotopic (exact) mass is 512 g/mol. The molecule has 2 aromatic heterocycles. The third-order valence-electron chi connectivity index (χ3n) is 4.24. The Bertz CT molecular complexity index is 935. The number of aryl methyl sites for hydroxylation is 1. The second-order valence-corrected chi connectivity index (χ2v) is 6.91. The van der Waals surface area contributed by atoms with Gasteiger partial charge in [0.15, 0.2) is 5.96 Å². The number of carbonyl (C=O) groups excluding carboxylic acids is 1. The fraction of sp³-hybridized carbons (Fsp3) is 0.316. The molecule has 7 nitrogen and oxygen atoms in total. The standard InChI is InChI=1S/C19H24N6OS.HI/c1-13-17(27-12-25-13)18(26)21-9-10-23-19(20-2)22-8-7-14-11-24-16-6-4-3-5-15(14)16;/h3-6,11-12,24H,7-10H2,1-2H3,(H,21,26)(H2,20,22,23);1H. The molecule has 0 spiro atoms. The molecule has 1 aromatic carbocycles. The summed E-state index contributed by atoms with van der Waals surface area (Å²) in [6, 6.07) is 8.29. The first-order valence-electron chi connectivity index (χ1n) is 8.87. The molecule has 1 amide bonds. The third kappa shape index (κ3) is 5.68. The van der Waals surface area contributed by atoms with Crippen LogP contribution in [0.1, 0.15) is 20.9 Å². The number of fused-ring (bicyclic) bond motifs is 1. The molecule has 0 aliphatic heterocycles. The van der Waals surface area contributed by atoms with Crippen molar-refractivity contribution in [3.8, 4) is 0 Å². The molecule has 0 saturated heterocycles. The summed E-state index contributed by atoms with van der Waals surface area (Å²) >= 11 is 1.35. The van der Waals surface area contributed by atoms with E-state index in [-0.39, 0.29) is 29.9 Å². The lowest BCUT2D eigenvalue weighted by atomic mass is 10.1. The van der Waals surface area contributed by atoms with E-state index >= 15 is 0 Å². The summed E-state index contributed by atoms with van der Waals surface area (Å²) in [4.78, 5) is 24.3. The van der Waals surface area contributed by atoms with Gasteiger partial charge in [-0.05, 0) is 25.0 Å². The maximum Gasteiger partial charge on any atom is 0.263 e. The van der Waals surface area contributed by atoms with Gasteiger partial charge < -0.3 is 20.9 Å². The van der Waals surface area contributed by atoms with Crippen molar-refractivity contribution < 1.29 is 4.79 Å². The molecular formula is C19H25IN6OS. The predicted molar refractivity (Wildman–Crippen MR) is 126 cm³/mol. The van der Waals surface area contributed by atoms with Crippen LogP contribution in [0, 0.1) is 6.92 Å². The quantitative estimate of drug-likeness (QED) is 0.170. The van der Waals surface area contributed by atoms with Crippen molar-refractivity contribution in [1.82, 2.24) is 25.9 Å². The molecule has 0 aliphatic carbocycles. The van der Waals surface area contributed by atoms with Crippen molar-refractivity contribution in [2.24, 2.45) is 4.99 Å². The lowest BCUT2D eigenvalue weighted by Crippen LogP contribution is -2.42. The summed E-state index contributed by atoms with van der Waals surface area (Å²) in [5.41, 5.74) is 4.88. The van der Waals surface area contributed by atoms with Gasteiger partial charge in [-0.1, -0.05) is 18.2 Å². The molecule has 3 aromatic rings. The summed E-state index contributed by atoms with van der Waals surface area (Å²) < 4.78 is 0. The number of thiazole rings is 1. The highest BCUT2D eigenvalue weighted by Crippen LogP contribution is 2.17. The highest BCUT2D eigenvalue weighted by Gasteiger charge is 2.10. The highest BCUT2D eigenvalue weighted by atomic mass is 127. The molecule has 0 unspecified atom stereocenters. The normalized spacial score (nSPS) is 11.1. The van der Waals surface area contributed by atoms with Gasteiger partial charge in [0.25, 0.3) is 5.91 Å². The van der Waals surface area contributed by atoms with Crippen LogP contribution in [-0.4, -0.2) is 48.5 Å². The third-order valence-corrected chi connectivity index (χ3v) is 5.17. The number of carbonyl (C=O) groups is 1. The number of H-pyrrole nitrogens is 1. The number of rotatable bonds is 7. The lowest BCUT2D eigenvalue weighted by molar-refractivity contribution is 0.0957. The van der Waals surface area contributed by atoms with E-state index in [1.54, 1.807) is 12.6 Å². The van der Waals surface area contributed by atoms with Crippen molar-refractivity contribution in [2.45, 2.75) is 13.3 Å². The van der Waals surface area contributed by atoms with Gasteiger partial charge in [-0.3, -0.25) is 9.79 Å². The summed E-state index contributed by atoms with van der Waals surface area (Å²) in [5.74, 6) is 0.636. The van der Waals surface area contributed by atoms with Crippen molar-refractivity contribution >= 4 is 58.1 Å². The molecule has 0 radical (unpaired) electrons. The van der Waals surface area contributed by atoms with Crippen molar-refractivity contribution in [2.75, 3.05) is 26.7 Å². The van der Waals surface area contributed by atoms with Crippen LogP contribution in [0.5, 0.6) is 0 Å². The van der Waals surface area contributed by atoms with Gasteiger partial charge in [0.1, 0.15) is 4.88 Å². The Hall–Kier alpha value is -2.14. The Kier molecular flexibility index (Phi) is 8.71. The number of hydrogen-bond donors (Lipinski definition) is 4. The average Bonchev–Trinajstić information content (AvgIpc) is 3.30. The van der Waals surface area contributed by atoms with Gasteiger partial charge in [-0.25, -0.2) is 4.98 Å². The van der Waals surface area contributed by atoms with E-state index in [1.807, 2.05) is 13.0 Å². The first-order chi connectivity index (χ1) is 13.2. The number of aromatic nitrogens is 2. The number of aliphatic imine (C=N–C) groups is 1. The number of benzene rings is 1. The van der Waals surface area contributed by atoms with Crippen LogP contribution >= 0.6 is 35.3 Å². The topological polar surface area (TPSA) is 94.2 Å². The van der Waals surface area contributed by atoms with E-state index in [0.717, 1.165) is 30.1 Å². The van der Waals surface area contributed by atoms with Crippen molar-refractivity contribution in [3.63, 3.8) is 0 Å². The van der Waals surface area contributed by atoms with Crippen LogP contribution in [0.3, 0.4) is 0 Å². The number of hydrogen-bond acceptors (Lipinski definition) is 4. The van der Waals surface area contributed by atoms with Crippen LogP contribution in [0.15, 0.2) is 41.0 Å². The van der Waals surface area contributed by atoms with E-state index in [9.17, 15) is 4.79 Å². The van der Waals surface area contributed by atoms with Gasteiger partial charge >= 0.3 is 0 Å². The summed E-state index contributed by atoms with van der Waals surface area (Å²) in [5, 5.41) is 10.6. The second kappa shape index (κ2) is 11.0. The Morgan fingerprint density at radius 1 is 1.18 bits per heavy atom. The second-order valence-electron chi connectivity index (χ2n) is 6.06. The zero-order valence-corrected chi connectivity index (χ0v) is 19.1. The fourth-order valence-electron chi connectivity index (χ4n) is 2.83. The number of para-hydroxylation sites is 1. The summed E-state index contributed by atoms with van der Waals surface area (Å²) in [6.45, 7) is 3.72. The van der Waals surface area contributed by atoms with Crippen molar-refractivity contribution in [3.05, 3.63) is 52.1 Å². The summed E-state index contributed by atoms with van der Waals surface area (Å²) in [6.07, 6.45) is 2.95. The molecule has 0 fully saturated rings.